The molecule has 0 spiro atoms. The van der Waals surface area contributed by atoms with Crippen LogP contribution in [0.25, 0.3) is 0 Å². The average Bonchev–Trinajstić information content (AvgIpc) is 3.19. The number of nitrogens with zero attached hydrogens (tertiary/aromatic N) is 2. The lowest BCUT2D eigenvalue weighted by Crippen LogP contribution is -2.42. The fraction of sp³-hybridized carbons (Fsp3) is 0.520. The van der Waals surface area contributed by atoms with E-state index in [1.165, 1.54) is 49.0 Å². The smallest absolute Gasteiger partial charge is 0.163 e. The zero-order chi connectivity index (χ0) is 19.6. The molecule has 2 aliphatic heterocycles. The number of anilines is 1. The molecule has 1 fully saturated rings. The Bertz CT molecular complexity index is 827. The first-order valence-electron chi connectivity index (χ1n) is 11.2. The predicted molar refractivity (Wildman–Crippen MR) is 117 cm³/mol. The summed E-state index contributed by atoms with van der Waals surface area (Å²) in [6.45, 7) is 3.61. The minimum atomic E-state index is 0.517. The Morgan fingerprint density at radius 2 is 1.72 bits per heavy atom. The molecule has 4 nitrogen and oxygen atoms in total. The van der Waals surface area contributed by atoms with Crippen LogP contribution in [0.1, 0.15) is 36.8 Å². The van der Waals surface area contributed by atoms with Gasteiger partial charge in [0.2, 0.25) is 0 Å². The van der Waals surface area contributed by atoms with Crippen molar-refractivity contribution in [1.82, 2.24) is 4.90 Å². The lowest BCUT2D eigenvalue weighted by Gasteiger charge is -2.37. The number of hydrogen-bond donors (Lipinski definition) is 0. The van der Waals surface area contributed by atoms with Crippen molar-refractivity contribution in [1.29, 1.82) is 0 Å². The van der Waals surface area contributed by atoms with Crippen molar-refractivity contribution >= 4 is 5.69 Å². The largest absolute Gasteiger partial charge is 0.486 e. The Labute approximate surface area is 174 Å². The molecule has 3 aliphatic rings. The van der Waals surface area contributed by atoms with E-state index in [0.717, 1.165) is 30.9 Å². The molecule has 0 aromatic heterocycles. The molecule has 1 atom stereocenters. The highest BCUT2D eigenvalue weighted by Crippen LogP contribution is 2.37. The van der Waals surface area contributed by atoms with E-state index in [1.807, 2.05) is 0 Å². The van der Waals surface area contributed by atoms with Crippen molar-refractivity contribution in [3.05, 3.63) is 53.6 Å². The van der Waals surface area contributed by atoms with Gasteiger partial charge in [-0.1, -0.05) is 30.7 Å². The van der Waals surface area contributed by atoms with Crippen LogP contribution in [-0.4, -0.2) is 50.3 Å². The van der Waals surface area contributed by atoms with E-state index in [0.29, 0.717) is 25.3 Å². The molecule has 154 valence electrons. The molecule has 1 aliphatic carbocycles. The zero-order valence-corrected chi connectivity index (χ0v) is 17.5. The first-order valence-corrected chi connectivity index (χ1v) is 11.2. The Balaban J connectivity index is 1.38. The van der Waals surface area contributed by atoms with Crippen LogP contribution in [0.5, 0.6) is 11.5 Å². The SMILES string of the molecule is CN1CCCCC1CCN(c1ccc2c(c1)OCCO2)C1Cc2ccccc2C1. The molecular weight excluding hydrogens is 360 g/mol. The number of ether oxygens (including phenoxy) is 2. The quantitative estimate of drug-likeness (QED) is 0.757. The summed E-state index contributed by atoms with van der Waals surface area (Å²) in [4.78, 5) is 5.20. The fourth-order valence-electron chi connectivity index (χ4n) is 5.29. The van der Waals surface area contributed by atoms with Gasteiger partial charge in [0, 0.05) is 30.4 Å². The van der Waals surface area contributed by atoms with E-state index in [4.69, 9.17) is 9.47 Å². The van der Waals surface area contributed by atoms with Gasteiger partial charge in [-0.2, -0.15) is 0 Å². The molecule has 29 heavy (non-hydrogen) atoms. The molecule has 5 rings (SSSR count). The summed E-state index contributed by atoms with van der Waals surface area (Å²) < 4.78 is 11.6. The van der Waals surface area contributed by atoms with E-state index in [9.17, 15) is 0 Å². The fourth-order valence-corrected chi connectivity index (χ4v) is 5.29. The highest BCUT2D eigenvalue weighted by molar-refractivity contribution is 5.58. The van der Waals surface area contributed by atoms with Crippen molar-refractivity contribution < 1.29 is 9.47 Å². The van der Waals surface area contributed by atoms with Gasteiger partial charge in [-0.15, -0.1) is 0 Å². The number of hydrogen-bond acceptors (Lipinski definition) is 4. The van der Waals surface area contributed by atoms with Gasteiger partial charge in [-0.3, -0.25) is 0 Å². The van der Waals surface area contributed by atoms with Gasteiger partial charge in [0.15, 0.2) is 11.5 Å². The molecule has 2 heterocycles. The van der Waals surface area contributed by atoms with Crippen molar-refractivity contribution in [2.24, 2.45) is 0 Å². The Morgan fingerprint density at radius 3 is 2.48 bits per heavy atom. The van der Waals surface area contributed by atoms with Crippen molar-refractivity contribution in [3.63, 3.8) is 0 Å². The number of piperidine rings is 1. The van der Waals surface area contributed by atoms with Crippen molar-refractivity contribution in [3.8, 4) is 11.5 Å². The van der Waals surface area contributed by atoms with Gasteiger partial charge < -0.3 is 19.3 Å². The summed E-state index contributed by atoms with van der Waals surface area (Å²) in [6.07, 6.45) is 7.52. The molecule has 0 saturated carbocycles. The number of likely N-dealkylation sites (tertiary alicyclic amines) is 1. The van der Waals surface area contributed by atoms with Crippen molar-refractivity contribution in [2.45, 2.75) is 50.6 Å². The van der Waals surface area contributed by atoms with Crippen LogP contribution in [0.2, 0.25) is 0 Å². The van der Waals surface area contributed by atoms with E-state index >= 15 is 0 Å². The number of rotatable bonds is 5. The van der Waals surface area contributed by atoms with Crippen LogP contribution in [0.3, 0.4) is 0 Å². The van der Waals surface area contributed by atoms with Gasteiger partial charge >= 0.3 is 0 Å². The third-order valence-electron chi connectivity index (χ3n) is 6.95. The summed E-state index contributed by atoms with van der Waals surface area (Å²) in [7, 11) is 2.30. The molecule has 2 aromatic rings. The minimum Gasteiger partial charge on any atom is -0.486 e. The van der Waals surface area contributed by atoms with Crippen LogP contribution in [0.4, 0.5) is 5.69 Å². The molecular formula is C25H32N2O2. The van der Waals surface area contributed by atoms with Gasteiger partial charge in [-0.25, -0.2) is 0 Å². The van der Waals surface area contributed by atoms with Crippen LogP contribution in [0.15, 0.2) is 42.5 Å². The second kappa shape index (κ2) is 8.27. The molecule has 1 saturated heterocycles. The third-order valence-corrected chi connectivity index (χ3v) is 6.95. The van der Waals surface area contributed by atoms with Crippen molar-refractivity contribution in [2.75, 3.05) is 38.3 Å². The molecule has 4 heteroatoms. The van der Waals surface area contributed by atoms with E-state index in [2.05, 4.69) is 59.3 Å². The first-order chi connectivity index (χ1) is 14.3. The summed E-state index contributed by atoms with van der Waals surface area (Å²) >= 11 is 0. The van der Waals surface area contributed by atoms with Gasteiger partial charge in [-0.05, 0) is 69.0 Å². The predicted octanol–water partition coefficient (Wildman–Crippen LogP) is 4.31. The van der Waals surface area contributed by atoms with Crippen LogP contribution in [-0.2, 0) is 12.8 Å². The zero-order valence-electron chi connectivity index (χ0n) is 17.5. The van der Waals surface area contributed by atoms with E-state index in [1.54, 1.807) is 0 Å². The first kappa shape index (κ1) is 18.8. The summed E-state index contributed by atoms with van der Waals surface area (Å²) in [5.41, 5.74) is 4.29. The van der Waals surface area contributed by atoms with Gasteiger partial charge in [0.1, 0.15) is 13.2 Å². The van der Waals surface area contributed by atoms with E-state index < -0.39 is 0 Å². The second-order valence-electron chi connectivity index (χ2n) is 8.77. The van der Waals surface area contributed by atoms with Crippen LogP contribution < -0.4 is 14.4 Å². The van der Waals surface area contributed by atoms with Gasteiger partial charge in [0.05, 0.1) is 0 Å². The normalized spacial score (nSPS) is 21.8. The number of fused-ring (bicyclic) bond motifs is 2. The lowest BCUT2D eigenvalue weighted by atomic mass is 9.99. The standard InChI is InChI=1S/C25H32N2O2/c1-26-12-5-4-8-21(26)11-13-27(23-16-19-6-2-3-7-20(19)17-23)22-9-10-24-25(18-22)29-15-14-28-24/h2-3,6-7,9-10,18,21,23H,4-5,8,11-17H2,1H3. The maximum absolute atomic E-state index is 5.89. The maximum Gasteiger partial charge on any atom is 0.163 e. The third kappa shape index (κ3) is 3.95. The molecule has 1 unspecified atom stereocenters. The number of benzene rings is 2. The Kier molecular flexibility index (Phi) is 5.36. The monoisotopic (exact) mass is 392 g/mol. The molecule has 0 amide bonds. The van der Waals surface area contributed by atoms with Crippen LogP contribution in [0, 0.1) is 0 Å². The topological polar surface area (TPSA) is 24.9 Å². The maximum atomic E-state index is 5.89. The van der Waals surface area contributed by atoms with Gasteiger partial charge in [0.25, 0.3) is 0 Å². The molecule has 0 radical (unpaired) electrons. The molecule has 2 aromatic carbocycles. The summed E-state index contributed by atoms with van der Waals surface area (Å²) in [5, 5.41) is 0. The summed E-state index contributed by atoms with van der Waals surface area (Å²) in [5.74, 6) is 1.77. The van der Waals surface area contributed by atoms with Crippen LogP contribution >= 0.6 is 0 Å². The Morgan fingerprint density at radius 1 is 0.966 bits per heavy atom. The Hall–Kier alpha value is -2.20. The second-order valence-corrected chi connectivity index (χ2v) is 8.77. The molecule has 0 bridgehead atoms. The lowest BCUT2D eigenvalue weighted by molar-refractivity contribution is 0.171. The average molecular weight is 393 g/mol. The highest BCUT2D eigenvalue weighted by atomic mass is 16.6. The minimum absolute atomic E-state index is 0.517. The summed E-state index contributed by atoms with van der Waals surface area (Å²) in [6, 6.07) is 16.7. The van der Waals surface area contributed by atoms with E-state index in [-0.39, 0.29) is 0 Å². The highest BCUT2D eigenvalue weighted by Gasteiger charge is 2.29. The molecule has 0 N–H and O–H groups in total.